The summed E-state index contributed by atoms with van der Waals surface area (Å²) in [5.41, 5.74) is 4.22. The molecule has 0 saturated carbocycles. The molecule has 39 heavy (non-hydrogen) atoms. The summed E-state index contributed by atoms with van der Waals surface area (Å²) in [5.74, 6) is 0.736. The van der Waals surface area contributed by atoms with Crippen LogP contribution in [-0.4, -0.2) is 52.4 Å². The number of carbonyl (C=O) groups is 2. The molecular weight excluding hydrogens is 498 g/mol. The Morgan fingerprint density at radius 3 is 2.44 bits per heavy atom. The van der Waals surface area contributed by atoms with E-state index in [0.29, 0.717) is 66.8 Å². The van der Waals surface area contributed by atoms with Crippen molar-refractivity contribution in [2.24, 2.45) is 0 Å². The van der Waals surface area contributed by atoms with Gasteiger partial charge in [-0.05, 0) is 56.9 Å². The number of nitrogens with one attached hydrogen (secondary N) is 1. The molecule has 1 aliphatic heterocycles. The van der Waals surface area contributed by atoms with Gasteiger partial charge in [-0.3, -0.25) is 4.79 Å². The van der Waals surface area contributed by atoms with Gasteiger partial charge in [0.05, 0.1) is 38.9 Å². The van der Waals surface area contributed by atoms with Crippen LogP contribution in [0.4, 0.5) is 0 Å². The Bertz CT molecular complexity index is 1280. The van der Waals surface area contributed by atoms with Crippen molar-refractivity contribution >= 4 is 11.8 Å². The van der Waals surface area contributed by atoms with Gasteiger partial charge >= 0.3 is 5.97 Å². The first-order chi connectivity index (χ1) is 18.9. The summed E-state index contributed by atoms with van der Waals surface area (Å²) in [6, 6.07) is 13.3. The number of Topliss-reactive ketones (excluding diaryl/α,β-unsaturated/α-hetero) is 1. The fourth-order valence-corrected chi connectivity index (χ4v) is 5.38. The van der Waals surface area contributed by atoms with Crippen LogP contribution >= 0.6 is 0 Å². The topological polar surface area (TPSA) is 92.3 Å². The summed E-state index contributed by atoms with van der Waals surface area (Å²) < 4.78 is 27.8. The molecule has 1 N–H and O–H groups in total. The van der Waals surface area contributed by atoms with Crippen LogP contribution in [0.2, 0.25) is 0 Å². The molecule has 1 heterocycles. The maximum atomic E-state index is 13.9. The summed E-state index contributed by atoms with van der Waals surface area (Å²) in [4.78, 5) is 27.4. The molecule has 2 aliphatic rings. The average molecular weight is 536 g/mol. The van der Waals surface area contributed by atoms with E-state index in [4.69, 9.17) is 23.7 Å². The second kappa shape index (κ2) is 12.8. The van der Waals surface area contributed by atoms with E-state index < -0.39 is 11.9 Å². The van der Waals surface area contributed by atoms with Gasteiger partial charge in [-0.1, -0.05) is 24.3 Å². The molecule has 1 aliphatic carbocycles. The zero-order valence-electron chi connectivity index (χ0n) is 23.3. The Morgan fingerprint density at radius 2 is 1.72 bits per heavy atom. The largest absolute Gasteiger partial charge is 0.494 e. The molecule has 4 rings (SSSR count). The maximum Gasteiger partial charge on any atom is 0.336 e. The van der Waals surface area contributed by atoms with Crippen molar-refractivity contribution in [1.29, 1.82) is 0 Å². The number of rotatable bonds is 11. The van der Waals surface area contributed by atoms with Gasteiger partial charge in [0.1, 0.15) is 12.4 Å². The zero-order chi connectivity index (χ0) is 27.9. The highest BCUT2D eigenvalue weighted by Gasteiger charge is 2.42. The molecule has 0 fully saturated rings. The van der Waals surface area contributed by atoms with Gasteiger partial charge in [-0.2, -0.15) is 0 Å². The van der Waals surface area contributed by atoms with Gasteiger partial charge in [0, 0.05) is 35.6 Å². The fourth-order valence-electron chi connectivity index (χ4n) is 5.38. The molecule has 0 unspecified atom stereocenters. The second-order valence-corrected chi connectivity index (χ2v) is 9.44. The van der Waals surface area contributed by atoms with Crippen LogP contribution in [0.15, 0.2) is 65.0 Å². The lowest BCUT2D eigenvalue weighted by Gasteiger charge is -2.37. The number of carbonyl (C=O) groups excluding carboxylic acids is 2. The molecule has 0 saturated heterocycles. The molecule has 2 atom stereocenters. The van der Waals surface area contributed by atoms with Crippen molar-refractivity contribution in [3.63, 3.8) is 0 Å². The summed E-state index contributed by atoms with van der Waals surface area (Å²) in [6.07, 6.45) is 0.906. The molecular formula is C31H37NO7. The van der Waals surface area contributed by atoms with Gasteiger partial charge in [-0.15, -0.1) is 0 Å². The highest BCUT2D eigenvalue weighted by atomic mass is 16.6. The van der Waals surface area contributed by atoms with E-state index in [1.807, 2.05) is 63.2 Å². The number of benzene rings is 2. The number of para-hydroxylation sites is 1. The molecule has 208 valence electrons. The van der Waals surface area contributed by atoms with Crippen LogP contribution in [0, 0.1) is 0 Å². The minimum atomic E-state index is -0.609. The number of ether oxygens (including phenoxy) is 5. The van der Waals surface area contributed by atoms with E-state index in [2.05, 4.69) is 5.32 Å². The number of hydrogen-bond acceptors (Lipinski definition) is 8. The summed E-state index contributed by atoms with van der Waals surface area (Å²) in [6.45, 7) is 7.08. The number of allylic oxidation sites excluding steroid dienone is 3. The third-order valence-electron chi connectivity index (χ3n) is 7.12. The second-order valence-electron chi connectivity index (χ2n) is 9.44. The van der Waals surface area contributed by atoms with Crippen molar-refractivity contribution in [3.05, 3.63) is 76.1 Å². The smallest absolute Gasteiger partial charge is 0.336 e. The lowest BCUT2D eigenvalue weighted by atomic mass is 9.71. The van der Waals surface area contributed by atoms with Gasteiger partial charge < -0.3 is 29.0 Å². The van der Waals surface area contributed by atoms with Gasteiger partial charge in [0.15, 0.2) is 17.3 Å². The minimum Gasteiger partial charge on any atom is -0.494 e. The van der Waals surface area contributed by atoms with Gasteiger partial charge in [0.2, 0.25) is 0 Å². The highest BCUT2D eigenvalue weighted by molar-refractivity contribution is 6.04. The lowest BCUT2D eigenvalue weighted by molar-refractivity contribution is -0.140. The third kappa shape index (κ3) is 5.96. The monoisotopic (exact) mass is 535 g/mol. The van der Waals surface area contributed by atoms with Gasteiger partial charge in [-0.25, -0.2) is 4.79 Å². The fraction of sp³-hybridized carbons (Fsp3) is 0.419. The zero-order valence-corrected chi connectivity index (χ0v) is 23.3. The number of methoxy groups -OCH3 is 2. The lowest BCUT2D eigenvalue weighted by Crippen LogP contribution is -2.36. The Labute approximate surface area is 229 Å². The normalized spacial score (nSPS) is 18.8. The first kappa shape index (κ1) is 28.2. The molecule has 0 bridgehead atoms. The molecule has 8 nitrogen and oxygen atoms in total. The van der Waals surface area contributed by atoms with Crippen LogP contribution in [0.3, 0.4) is 0 Å². The van der Waals surface area contributed by atoms with Crippen molar-refractivity contribution in [2.75, 3.05) is 40.6 Å². The van der Waals surface area contributed by atoms with E-state index in [1.165, 1.54) is 0 Å². The maximum absolute atomic E-state index is 13.9. The number of esters is 1. The van der Waals surface area contributed by atoms with E-state index in [1.54, 1.807) is 14.2 Å². The van der Waals surface area contributed by atoms with Crippen molar-refractivity contribution < 1.29 is 33.3 Å². The third-order valence-corrected chi connectivity index (χ3v) is 7.12. The van der Waals surface area contributed by atoms with E-state index in [9.17, 15) is 9.59 Å². The van der Waals surface area contributed by atoms with Crippen molar-refractivity contribution in [2.45, 2.75) is 45.4 Å². The number of ketones is 1. The van der Waals surface area contributed by atoms with E-state index in [-0.39, 0.29) is 18.3 Å². The standard InChI is InChI=1S/C31H37NO7/c1-6-37-14-15-39-31(34)28-19(3)32-23-16-21(20-12-13-26(35-4)27(18-20)36-5)17-24(33)30(23)29(28)22-10-8-9-11-25(22)38-7-2/h8-13,18,21,29,32H,6-7,14-17H2,1-5H3/t21-,29+/m1/s1. The highest BCUT2D eigenvalue weighted by Crippen LogP contribution is 2.48. The predicted molar refractivity (Wildman–Crippen MR) is 147 cm³/mol. The first-order valence-corrected chi connectivity index (χ1v) is 13.4. The Hall–Kier alpha value is -3.78. The molecule has 0 aromatic heterocycles. The molecule has 0 radical (unpaired) electrons. The van der Waals surface area contributed by atoms with E-state index >= 15 is 0 Å². The molecule has 8 heteroatoms. The number of hydrogen-bond donors (Lipinski definition) is 1. The van der Waals surface area contributed by atoms with E-state index in [0.717, 1.165) is 16.8 Å². The molecule has 2 aromatic rings. The molecule has 0 amide bonds. The van der Waals surface area contributed by atoms with Crippen LogP contribution in [0.25, 0.3) is 0 Å². The molecule has 0 spiro atoms. The van der Waals surface area contributed by atoms with Crippen LogP contribution < -0.4 is 19.5 Å². The molecule has 2 aromatic carbocycles. The van der Waals surface area contributed by atoms with Crippen molar-refractivity contribution in [3.8, 4) is 17.2 Å². The van der Waals surface area contributed by atoms with Crippen LogP contribution in [0.5, 0.6) is 17.2 Å². The number of dihydropyridines is 1. The predicted octanol–water partition coefficient (Wildman–Crippen LogP) is 5.04. The quantitative estimate of drug-likeness (QED) is 0.316. The Balaban J connectivity index is 1.75. The Morgan fingerprint density at radius 1 is 0.949 bits per heavy atom. The summed E-state index contributed by atoms with van der Waals surface area (Å²) in [5, 5.41) is 3.39. The summed E-state index contributed by atoms with van der Waals surface area (Å²) >= 11 is 0. The SMILES string of the molecule is CCOCCOC(=O)C1=C(C)NC2=C(C(=O)C[C@H](c3ccc(OC)c(OC)c3)C2)[C@H]1c1ccccc1OCC. The van der Waals surface area contributed by atoms with Crippen LogP contribution in [0.1, 0.15) is 56.6 Å². The minimum absolute atomic E-state index is 0.0213. The van der Waals surface area contributed by atoms with Crippen molar-refractivity contribution in [1.82, 2.24) is 5.32 Å². The van der Waals surface area contributed by atoms with Crippen LogP contribution in [-0.2, 0) is 19.1 Å². The summed E-state index contributed by atoms with van der Waals surface area (Å²) in [7, 11) is 3.19. The van der Waals surface area contributed by atoms with Gasteiger partial charge in [0.25, 0.3) is 0 Å². The average Bonchev–Trinajstić information content (AvgIpc) is 2.94. The Kier molecular flexibility index (Phi) is 9.30. The first-order valence-electron chi connectivity index (χ1n) is 13.4.